The van der Waals surface area contributed by atoms with E-state index >= 15 is 0 Å². The van der Waals surface area contributed by atoms with Crippen LogP contribution in [-0.4, -0.2) is 15.6 Å². The molecule has 1 heterocycles. The van der Waals surface area contributed by atoms with Gasteiger partial charge in [-0.1, -0.05) is 78.9 Å². The van der Waals surface area contributed by atoms with Crippen LogP contribution in [-0.2, 0) is 19.4 Å². The average molecular weight is 355 g/mol. The fraction of sp³-hybridized carbons (Fsp3) is 0.125. The molecule has 3 aromatic carbocycles. The van der Waals surface area contributed by atoms with Gasteiger partial charge >= 0.3 is 5.97 Å². The number of nitrogens with zero attached hydrogens (tertiary/aromatic N) is 1. The molecule has 1 aromatic heterocycles. The lowest BCUT2D eigenvalue weighted by Crippen LogP contribution is -2.12. The fourth-order valence-electron chi connectivity index (χ4n) is 3.72. The first-order valence-electron chi connectivity index (χ1n) is 9.15. The molecule has 0 aliphatic heterocycles. The summed E-state index contributed by atoms with van der Waals surface area (Å²) in [6.07, 6.45) is 1.52. The van der Waals surface area contributed by atoms with Gasteiger partial charge in [-0.15, -0.1) is 0 Å². The third kappa shape index (κ3) is 3.49. The van der Waals surface area contributed by atoms with Crippen molar-refractivity contribution in [3.05, 3.63) is 107 Å². The molecule has 0 aliphatic rings. The number of rotatable bonds is 6. The van der Waals surface area contributed by atoms with Crippen LogP contribution in [0.4, 0.5) is 0 Å². The van der Waals surface area contributed by atoms with Crippen LogP contribution in [0.1, 0.15) is 27.2 Å². The minimum Gasteiger partial charge on any atom is -0.477 e. The lowest BCUT2D eigenvalue weighted by atomic mass is 10.0. The highest BCUT2D eigenvalue weighted by Crippen LogP contribution is 2.28. The van der Waals surface area contributed by atoms with Gasteiger partial charge in [0.2, 0.25) is 0 Å². The summed E-state index contributed by atoms with van der Waals surface area (Å²) < 4.78 is 1.94. The highest BCUT2D eigenvalue weighted by molar-refractivity contribution is 5.98. The fourth-order valence-corrected chi connectivity index (χ4v) is 3.72. The number of carboxylic acids is 1. The van der Waals surface area contributed by atoms with Gasteiger partial charge in [0.1, 0.15) is 5.69 Å². The molecule has 0 atom stereocenters. The Morgan fingerprint density at radius 2 is 1.33 bits per heavy atom. The van der Waals surface area contributed by atoms with Gasteiger partial charge in [-0.05, 0) is 35.6 Å². The first-order valence-corrected chi connectivity index (χ1v) is 9.15. The van der Waals surface area contributed by atoms with E-state index in [0.29, 0.717) is 18.7 Å². The van der Waals surface area contributed by atoms with Crippen LogP contribution in [0, 0.1) is 0 Å². The number of aromatic carboxylic acids is 1. The number of benzene rings is 3. The molecular weight excluding hydrogens is 334 g/mol. The van der Waals surface area contributed by atoms with Crippen LogP contribution >= 0.6 is 0 Å². The minimum absolute atomic E-state index is 0.399. The number of hydrogen-bond acceptors (Lipinski definition) is 1. The second kappa shape index (κ2) is 7.50. The Bertz CT molecular complexity index is 1070. The van der Waals surface area contributed by atoms with Crippen LogP contribution in [0.15, 0.2) is 84.9 Å². The molecule has 0 radical (unpaired) electrons. The number of aryl methyl sites for hydroxylation is 2. The molecule has 0 saturated heterocycles. The molecule has 0 aliphatic carbocycles. The van der Waals surface area contributed by atoms with Crippen LogP contribution in [0.5, 0.6) is 0 Å². The molecular formula is C24H21NO2. The van der Waals surface area contributed by atoms with Gasteiger partial charge in [0.25, 0.3) is 0 Å². The predicted octanol–water partition coefficient (Wildman–Crippen LogP) is 5.17. The van der Waals surface area contributed by atoms with Crippen molar-refractivity contribution in [2.24, 2.45) is 0 Å². The van der Waals surface area contributed by atoms with Gasteiger partial charge in [-0.25, -0.2) is 4.79 Å². The maximum atomic E-state index is 12.2. The van der Waals surface area contributed by atoms with E-state index in [1.54, 1.807) is 0 Å². The predicted molar refractivity (Wildman–Crippen MR) is 108 cm³/mol. The molecule has 0 spiro atoms. The van der Waals surface area contributed by atoms with E-state index in [9.17, 15) is 9.90 Å². The molecule has 4 aromatic rings. The SMILES string of the molecule is O=C(O)c1c(CCc2ccccc2)c2ccccc2n1Cc1ccccc1. The van der Waals surface area contributed by atoms with Gasteiger partial charge in [0, 0.05) is 17.4 Å². The largest absolute Gasteiger partial charge is 0.477 e. The van der Waals surface area contributed by atoms with E-state index in [1.807, 2.05) is 77.4 Å². The Morgan fingerprint density at radius 3 is 2.00 bits per heavy atom. The number of carboxylic acid groups (broad SMARTS) is 1. The van der Waals surface area contributed by atoms with E-state index in [2.05, 4.69) is 12.1 Å². The zero-order valence-corrected chi connectivity index (χ0v) is 15.0. The van der Waals surface area contributed by atoms with Gasteiger partial charge in [-0.3, -0.25) is 0 Å². The molecule has 0 saturated carbocycles. The van der Waals surface area contributed by atoms with Crippen molar-refractivity contribution < 1.29 is 9.90 Å². The summed E-state index contributed by atoms with van der Waals surface area (Å²) in [6, 6.07) is 28.2. The highest BCUT2D eigenvalue weighted by Gasteiger charge is 2.22. The van der Waals surface area contributed by atoms with Crippen LogP contribution < -0.4 is 0 Å². The summed E-state index contributed by atoms with van der Waals surface area (Å²) in [4.78, 5) is 12.2. The van der Waals surface area contributed by atoms with Crippen molar-refractivity contribution in [2.45, 2.75) is 19.4 Å². The smallest absolute Gasteiger partial charge is 0.352 e. The molecule has 0 unspecified atom stereocenters. The number of hydrogen-bond donors (Lipinski definition) is 1. The molecule has 0 fully saturated rings. The number of para-hydroxylation sites is 1. The van der Waals surface area contributed by atoms with E-state index < -0.39 is 5.97 Å². The normalized spacial score (nSPS) is 11.0. The summed E-state index contributed by atoms with van der Waals surface area (Å²) in [5, 5.41) is 11.0. The zero-order valence-electron chi connectivity index (χ0n) is 15.0. The molecule has 134 valence electrons. The van der Waals surface area contributed by atoms with Gasteiger partial charge in [0.15, 0.2) is 0 Å². The van der Waals surface area contributed by atoms with Gasteiger partial charge in [-0.2, -0.15) is 0 Å². The minimum atomic E-state index is -0.870. The lowest BCUT2D eigenvalue weighted by Gasteiger charge is -2.09. The Balaban J connectivity index is 1.80. The van der Waals surface area contributed by atoms with Crippen LogP contribution in [0.25, 0.3) is 10.9 Å². The highest BCUT2D eigenvalue weighted by atomic mass is 16.4. The van der Waals surface area contributed by atoms with E-state index in [0.717, 1.165) is 28.5 Å². The van der Waals surface area contributed by atoms with Crippen molar-refractivity contribution in [1.82, 2.24) is 4.57 Å². The maximum Gasteiger partial charge on any atom is 0.352 e. The average Bonchev–Trinajstić information content (AvgIpc) is 3.02. The summed E-state index contributed by atoms with van der Waals surface area (Å²) in [6.45, 7) is 0.550. The van der Waals surface area contributed by atoms with Crippen molar-refractivity contribution in [2.75, 3.05) is 0 Å². The Labute approximate surface area is 158 Å². The molecule has 0 bridgehead atoms. The van der Waals surface area contributed by atoms with Crippen molar-refractivity contribution in [3.8, 4) is 0 Å². The number of aromatic nitrogens is 1. The van der Waals surface area contributed by atoms with Gasteiger partial charge < -0.3 is 9.67 Å². The summed E-state index contributed by atoms with van der Waals surface area (Å²) in [7, 11) is 0. The topological polar surface area (TPSA) is 42.2 Å². The van der Waals surface area contributed by atoms with Crippen molar-refractivity contribution >= 4 is 16.9 Å². The van der Waals surface area contributed by atoms with E-state index in [4.69, 9.17) is 0 Å². The standard InChI is InChI=1S/C24H21NO2/c26-24(27)23-21(16-15-18-9-3-1-4-10-18)20-13-7-8-14-22(20)25(23)17-19-11-5-2-6-12-19/h1-14H,15-17H2,(H,26,27). The molecule has 1 N–H and O–H groups in total. The third-order valence-corrected chi connectivity index (χ3v) is 4.97. The van der Waals surface area contributed by atoms with Crippen LogP contribution in [0.3, 0.4) is 0 Å². The zero-order chi connectivity index (χ0) is 18.6. The lowest BCUT2D eigenvalue weighted by molar-refractivity contribution is 0.0685. The van der Waals surface area contributed by atoms with Crippen molar-refractivity contribution in [1.29, 1.82) is 0 Å². The second-order valence-electron chi connectivity index (χ2n) is 6.71. The Morgan fingerprint density at radius 1 is 0.741 bits per heavy atom. The second-order valence-corrected chi connectivity index (χ2v) is 6.71. The van der Waals surface area contributed by atoms with Crippen molar-refractivity contribution in [3.63, 3.8) is 0 Å². The Kier molecular flexibility index (Phi) is 4.75. The third-order valence-electron chi connectivity index (χ3n) is 4.97. The molecule has 3 nitrogen and oxygen atoms in total. The van der Waals surface area contributed by atoms with Gasteiger partial charge in [0.05, 0.1) is 0 Å². The monoisotopic (exact) mass is 355 g/mol. The number of fused-ring (bicyclic) bond motifs is 1. The quantitative estimate of drug-likeness (QED) is 0.518. The van der Waals surface area contributed by atoms with E-state index in [-0.39, 0.29) is 0 Å². The molecule has 0 amide bonds. The summed E-state index contributed by atoms with van der Waals surface area (Å²) >= 11 is 0. The van der Waals surface area contributed by atoms with E-state index in [1.165, 1.54) is 5.56 Å². The van der Waals surface area contributed by atoms with Crippen LogP contribution in [0.2, 0.25) is 0 Å². The molecule has 4 rings (SSSR count). The first kappa shape index (κ1) is 17.1. The maximum absolute atomic E-state index is 12.2. The number of carbonyl (C=O) groups is 1. The Hall–Kier alpha value is -3.33. The summed E-state index contributed by atoms with van der Waals surface area (Å²) in [5.41, 5.74) is 4.60. The summed E-state index contributed by atoms with van der Waals surface area (Å²) in [5.74, 6) is -0.870. The molecule has 3 heteroatoms. The first-order chi connectivity index (χ1) is 13.2. The molecule has 27 heavy (non-hydrogen) atoms.